The number of non-ortho nitro benzene ring substituents is 1. The molecule has 0 bridgehead atoms. The second-order valence-corrected chi connectivity index (χ2v) is 8.13. The van der Waals surface area contributed by atoms with Crippen LogP contribution in [0.5, 0.6) is 17.2 Å². The van der Waals surface area contributed by atoms with Crippen molar-refractivity contribution in [3.05, 3.63) is 116 Å². The van der Waals surface area contributed by atoms with Gasteiger partial charge in [0.1, 0.15) is 23.9 Å². The molecule has 1 amide bonds. The van der Waals surface area contributed by atoms with E-state index in [0.29, 0.717) is 5.75 Å². The summed E-state index contributed by atoms with van der Waals surface area (Å²) in [5, 5.41) is 25.1. The Morgan fingerprint density at radius 3 is 2.30 bits per heavy atom. The highest BCUT2D eigenvalue weighted by Gasteiger charge is 2.18. The molecule has 1 aromatic heterocycles. The van der Waals surface area contributed by atoms with Gasteiger partial charge in [0, 0.05) is 18.2 Å². The monoisotopic (exact) mass is 503 g/mol. The summed E-state index contributed by atoms with van der Waals surface area (Å²) in [5.41, 5.74) is 1.60. The number of rotatable bonds is 9. The fourth-order valence-electron chi connectivity index (χ4n) is 3.60. The van der Waals surface area contributed by atoms with E-state index in [0.717, 1.165) is 11.1 Å². The standard InChI is InChI=1S/C26H21N3O8/c1-16-9-17(2)11-21(10-16)36-22-13-18(12-19(14-22)28(31)32)27-26(30)25-8-7-20(37-25)15-35-24-6-4-3-5-23(24)29(33)34/h3-14H,15H2,1-2H3,(H,27,30). The molecule has 0 saturated heterocycles. The Morgan fingerprint density at radius 2 is 1.59 bits per heavy atom. The van der Waals surface area contributed by atoms with Gasteiger partial charge >= 0.3 is 5.69 Å². The summed E-state index contributed by atoms with van der Waals surface area (Å²) < 4.78 is 16.8. The Kier molecular flexibility index (Phi) is 7.14. The number of nitrogens with zero attached hydrogens (tertiary/aromatic N) is 2. The number of hydrogen-bond acceptors (Lipinski definition) is 8. The first kappa shape index (κ1) is 24.9. The summed E-state index contributed by atoms with van der Waals surface area (Å²) in [6.07, 6.45) is 0. The lowest BCUT2D eigenvalue weighted by Gasteiger charge is -2.10. The number of carbonyl (C=O) groups is 1. The maximum Gasteiger partial charge on any atom is 0.310 e. The SMILES string of the molecule is Cc1cc(C)cc(Oc2cc(NC(=O)c3ccc(COc4ccccc4[N+](=O)[O-])o3)cc([N+](=O)[O-])c2)c1. The number of nitrogens with one attached hydrogen (secondary N) is 1. The molecule has 0 spiro atoms. The molecule has 4 aromatic rings. The highest BCUT2D eigenvalue weighted by Crippen LogP contribution is 2.31. The number of amides is 1. The summed E-state index contributed by atoms with van der Waals surface area (Å²) in [5.74, 6) is 0.250. The molecule has 0 radical (unpaired) electrons. The number of hydrogen-bond donors (Lipinski definition) is 1. The van der Waals surface area contributed by atoms with Gasteiger partial charge in [0.15, 0.2) is 11.5 Å². The summed E-state index contributed by atoms with van der Waals surface area (Å²) in [7, 11) is 0. The molecule has 37 heavy (non-hydrogen) atoms. The largest absolute Gasteiger partial charge is 0.479 e. The predicted octanol–water partition coefficient (Wildman–Crippen LogP) is 6.34. The summed E-state index contributed by atoms with van der Waals surface area (Å²) in [6, 6.07) is 18.3. The zero-order valence-electron chi connectivity index (χ0n) is 19.8. The lowest BCUT2D eigenvalue weighted by molar-refractivity contribution is -0.386. The lowest BCUT2D eigenvalue weighted by atomic mass is 10.1. The molecule has 0 atom stereocenters. The Balaban J connectivity index is 1.48. The number of carbonyl (C=O) groups excluding carboxylic acids is 1. The normalized spacial score (nSPS) is 10.5. The molecule has 11 heteroatoms. The molecule has 11 nitrogen and oxygen atoms in total. The number of nitro benzene ring substituents is 2. The molecule has 1 N–H and O–H groups in total. The van der Waals surface area contributed by atoms with Crippen LogP contribution in [0.2, 0.25) is 0 Å². The number of furan rings is 1. The van der Waals surface area contributed by atoms with Crippen molar-refractivity contribution in [2.45, 2.75) is 20.5 Å². The topological polar surface area (TPSA) is 147 Å². The molecule has 0 unspecified atom stereocenters. The highest BCUT2D eigenvalue weighted by atomic mass is 16.6. The Bertz CT molecular complexity index is 1470. The van der Waals surface area contributed by atoms with E-state index in [9.17, 15) is 25.0 Å². The van der Waals surface area contributed by atoms with Crippen LogP contribution in [-0.2, 0) is 6.61 Å². The highest BCUT2D eigenvalue weighted by molar-refractivity contribution is 6.02. The first-order valence-electron chi connectivity index (χ1n) is 11.0. The number of nitro groups is 2. The van der Waals surface area contributed by atoms with Crippen molar-refractivity contribution in [2.75, 3.05) is 5.32 Å². The quantitative estimate of drug-likeness (QED) is 0.206. The van der Waals surface area contributed by atoms with Gasteiger partial charge in [-0.25, -0.2) is 0 Å². The van der Waals surface area contributed by atoms with E-state index in [2.05, 4.69) is 5.32 Å². The number of aryl methyl sites for hydroxylation is 2. The van der Waals surface area contributed by atoms with Crippen LogP contribution in [0, 0.1) is 34.1 Å². The molecule has 0 aliphatic carbocycles. The van der Waals surface area contributed by atoms with Gasteiger partial charge in [0.2, 0.25) is 0 Å². The lowest BCUT2D eigenvalue weighted by Crippen LogP contribution is -2.11. The molecule has 4 rings (SSSR count). The number of benzene rings is 3. The van der Waals surface area contributed by atoms with Crippen LogP contribution in [0.15, 0.2) is 77.2 Å². The minimum Gasteiger partial charge on any atom is -0.479 e. The van der Waals surface area contributed by atoms with Gasteiger partial charge in [-0.1, -0.05) is 18.2 Å². The van der Waals surface area contributed by atoms with Crippen molar-refractivity contribution in [1.29, 1.82) is 0 Å². The average Bonchev–Trinajstić information content (AvgIpc) is 3.31. The van der Waals surface area contributed by atoms with Gasteiger partial charge in [-0.05, 0) is 55.3 Å². The molecule has 3 aromatic carbocycles. The van der Waals surface area contributed by atoms with Crippen LogP contribution in [-0.4, -0.2) is 15.8 Å². The van der Waals surface area contributed by atoms with Gasteiger partial charge in [-0.3, -0.25) is 25.0 Å². The zero-order chi connectivity index (χ0) is 26.5. The molecular weight excluding hydrogens is 482 g/mol. The van der Waals surface area contributed by atoms with Crippen LogP contribution in [0.25, 0.3) is 0 Å². The van der Waals surface area contributed by atoms with Crippen LogP contribution in [0.1, 0.15) is 27.4 Å². The van der Waals surface area contributed by atoms with E-state index in [1.54, 1.807) is 18.2 Å². The van der Waals surface area contributed by atoms with E-state index in [4.69, 9.17) is 13.9 Å². The molecular formula is C26H21N3O8. The van der Waals surface area contributed by atoms with Crippen molar-refractivity contribution in [3.63, 3.8) is 0 Å². The van der Waals surface area contributed by atoms with Crippen molar-refractivity contribution in [2.24, 2.45) is 0 Å². The first-order valence-corrected chi connectivity index (χ1v) is 11.0. The van der Waals surface area contributed by atoms with Gasteiger partial charge in [-0.2, -0.15) is 0 Å². The molecule has 188 valence electrons. The van der Waals surface area contributed by atoms with Gasteiger partial charge < -0.3 is 19.2 Å². The Morgan fingerprint density at radius 1 is 0.892 bits per heavy atom. The van der Waals surface area contributed by atoms with Crippen LogP contribution >= 0.6 is 0 Å². The minimum absolute atomic E-state index is 0.0582. The fraction of sp³-hybridized carbons (Fsp3) is 0.115. The molecule has 0 fully saturated rings. The maximum atomic E-state index is 12.7. The van der Waals surface area contributed by atoms with Crippen LogP contribution in [0.3, 0.4) is 0 Å². The maximum absolute atomic E-state index is 12.7. The molecule has 1 heterocycles. The summed E-state index contributed by atoms with van der Waals surface area (Å²) >= 11 is 0. The number of ether oxygens (including phenoxy) is 2. The summed E-state index contributed by atoms with van der Waals surface area (Å²) in [6.45, 7) is 3.66. The third kappa shape index (κ3) is 6.28. The van der Waals surface area contributed by atoms with Gasteiger partial charge in [-0.15, -0.1) is 0 Å². The van der Waals surface area contributed by atoms with E-state index in [1.165, 1.54) is 48.5 Å². The predicted molar refractivity (Wildman–Crippen MR) is 133 cm³/mol. The van der Waals surface area contributed by atoms with Crippen molar-refractivity contribution in [3.8, 4) is 17.2 Å². The van der Waals surface area contributed by atoms with E-state index in [-0.39, 0.29) is 46.7 Å². The van der Waals surface area contributed by atoms with Gasteiger partial charge in [0.05, 0.1) is 21.6 Å². The summed E-state index contributed by atoms with van der Waals surface area (Å²) in [4.78, 5) is 34.2. The van der Waals surface area contributed by atoms with Crippen LogP contribution < -0.4 is 14.8 Å². The third-order valence-corrected chi connectivity index (χ3v) is 5.11. The van der Waals surface area contributed by atoms with E-state index in [1.807, 2.05) is 19.9 Å². The second-order valence-electron chi connectivity index (χ2n) is 8.13. The number of para-hydroxylation sites is 2. The smallest absolute Gasteiger partial charge is 0.310 e. The molecule has 0 saturated carbocycles. The van der Waals surface area contributed by atoms with Gasteiger partial charge in [0.25, 0.3) is 11.6 Å². The van der Waals surface area contributed by atoms with Crippen molar-refractivity contribution >= 4 is 23.0 Å². The molecule has 0 aliphatic rings. The third-order valence-electron chi connectivity index (χ3n) is 5.11. The first-order chi connectivity index (χ1) is 17.7. The minimum atomic E-state index is -0.658. The van der Waals surface area contributed by atoms with E-state index < -0.39 is 15.8 Å². The second kappa shape index (κ2) is 10.6. The molecule has 0 aliphatic heterocycles. The van der Waals surface area contributed by atoms with E-state index >= 15 is 0 Å². The fourth-order valence-corrected chi connectivity index (χ4v) is 3.60. The number of anilines is 1. The van der Waals surface area contributed by atoms with Crippen LogP contribution in [0.4, 0.5) is 17.1 Å². The Labute approximate surface area is 210 Å². The van der Waals surface area contributed by atoms with Crippen molar-refractivity contribution < 1.29 is 28.5 Å². The average molecular weight is 503 g/mol. The zero-order valence-corrected chi connectivity index (χ0v) is 19.8. The Hall–Kier alpha value is -5.19. The van der Waals surface area contributed by atoms with Crippen molar-refractivity contribution in [1.82, 2.24) is 0 Å².